The summed E-state index contributed by atoms with van der Waals surface area (Å²) < 4.78 is 5.03. The number of Topliss-reactive ketones (excluding diaryl/α,β-unsaturated/α-hetero) is 1. The molecule has 1 heterocycles. The van der Waals surface area contributed by atoms with E-state index in [0.29, 0.717) is 11.4 Å². The second-order valence-electron chi connectivity index (χ2n) is 3.96. The van der Waals surface area contributed by atoms with Crippen LogP contribution in [0.25, 0.3) is 0 Å². The minimum Gasteiger partial charge on any atom is -0.497 e. The molecule has 1 atom stereocenters. The van der Waals surface area contributed by atoms with Crippen LogP contribution in [0.3, 0.4) is 0 Å². The highest BCUT2D eigenvalue weighted by molar-refractivity contribution is 6.52. The van der Waals surface area contributed by atoms with E-state index in [0.717, 1.165) is 4.90 Å². The first-order valence-electron chi connectivity index (χ1n) is 5.41. The Bertz CT molecular complexity index is 499. The highest BCUT2D eigenvalue weighted by atomic mass is 16.5. The smallest absolute Gasteiger partial charge is 0.299 e. The van der Waals surface area contributed by atoms with E-state index in [9.17, 15) is 14.7 Å². The molecule has 0 aromatic heterocycles. The van der Waals surface area contributed by atoms with Crippen molar-refractivity contribution in [3.8, 4) is 5.75 Å². The Morgan fingerprint density at radius 3 is 2.72 bits per heavy atom. The third kappa shape index (κ3) is 1.96. The molecule has 1 amide bonds. The molecule has 0 fully saturated rings. The molecular formula is C12H13NO5. The summed E-state index contributed by atoms with van der Waals surface area (Å²) in [5, 5.41) is 18.2. The van der Waals surface area contributed by atoms with Crippen LogP contribution in [0.2, 0.25) is 0 Å². The molecule has 0 bridgehead atoms. The predicted octanol–water partition coefficient (Wildman–Crippen LogP) is -0.422. The molecule has 2 rings (SSSR count). The summed E-state index contributed by atoms with van der Waals surface area (Å²) in [6.07, 6.45) is -1.08. The maximum Gasteiger partial charge on any atom is 0.299 e. The molecule has 18 heavy (non-hydrogen) atoms. The lowest BCUT2D eigenvalue weighted by atomic mass is 10.1. The molecule has 1 unspecified atom stereocenters. The van der Waals surface area contributed by atoms with E-state index in [1.807, 2.05) is 0 Å². The van der Waals surface area contributed by atoms with Crippen molar-refractivity contribution in [1.29, 1.82) is 0 Å². The molecule has 0 radical (unpaired) electrons. The quantitative estimate of drug-likeness (QED) is 0.709. The molecule has 1 aliphatic heterocycles. The number of hydrogen-bond acceptors (Lipinski definition) is 5. The molecule has 0 aliphatic carbocycles. The number of β-amino-alcohol motifs (C(OH)–C–C–N with tert-alkyl or cyclic N) is 1. The molecule has 6 nitrogen and oxygen atoms in total. The number of carbonyl (C=O) groups is 2. The van der Waals surface area contributed by atoms with Crippen LogP contribution in [0, 0.1) is 0 Å². The Hall–Kier alpha value is -1.92. The third-order valence-corrected chi connectivity index (χ3v) is 2.78. The van der Waals surface area contributed by atoms with Gasteiger partial charge in [0.05, 0.1) is 37.6 Å². The lowest BCUT2D eigenvalue weighted by molar-refractivity contribution is -0.114. The fourth-order valence-corrected chi connectivity index (χ4v) is 1.85. The first kappa shape index (κ1) is 12.5. The Labute approximate surface area is 103 Å². The van der Waals surface area contributed by atoms with E-state index in [4.69, 9.17) is 9.84 Å². The van der Waals surface area contributed by atoms with E-state index < -0.39 is 24.4 Å². The number of aliphatic hydroxyl groups is 2. The first-order valence-corrected chi connectivity index (χ1v) is 5.41. The van der Waals surface area contributed by atoms with Gasteiger partial charge < -0.3 is 19.8 Å². The number of anilines is 1. The van der Waals surface area contributed by atoms with Crippen molar-refractivity contribution in [3.05, 3.63) is 23.8 Å². The van der Waals surface area contributed by atoms with Gasteiger partial charge in [0.25, 0.3) is 11.7 Å². The summed E-state index contributed by atoms with van der Waals surface area (Å²) >= 11 is 0. The number of hydrogen-bond donors (Lipinski definition) is 2. The van der Waals surface area contributed by atoms with E-state index >= 15 is 0 Å². The molecule has 1 aliphatic rings. The lowest BCUT2D eigenvalue weighted by Crippen LogP contribution is -2.38. The summed E-state index contributed by atoms with van der Waals surface area (Å²) in [7, 11) is 1.48. The standard InChI is InChI=1S/C12H13NO5/c1-18-8-2-3-9-10(4-8)13(5-7(15)6-14)12(17)11(9)16/h2-4,7,14-15H,5-6H2,1H3. The number of rotatable bonds is 4. The van der Waals surface area contributed by atoms with Crippen molar-refractivity contribution >= 4 is 17.4 Å². The van der Waals surface area contributed by atoms with Gasteiger partial charge in [-0.3, -0.25) is 9.59 Å². The van der Waals surface area contributed by atoms with Crippen molar-refractivity contribution in [3.63, 3.8) is 0 Å². The molecule has 6 heteroatoms. The number of methoxy groups -OCH3 is 1. The number of nitrogens with zero attached hydrogens (tertiary/aromatic N) is 1. The highest BCUT2D eigenvalue weighted by Crippen LogP contribution is 2.32. The van der Waals surface area contributed by atoms with Crippen LogP contribution in [0.15, 0.2) is 18.2 Å². The largest absolute Gasteiger partial charge is 0.497 e. The van der Waals surface area contributed by atoms with Gasteiger partial charge in [-0.2, -0.15) is 0 Å². The van der Waals surface area contributed by atoms with Gasteiger partial charge >= 0.3 is 0 Å². The molecule has 1 aromatic rings. The SMILES string of the molecule is COc1ccc2c(c1)N(CC(O)CO)C(=O)C2=O. The molecule has 1 aromatic carbocycles. The van der Waals surface area contributed by atoms with Crippen molar-refractivity contribution in [2.24, 2.45) is 0 Å². The molecular weight excluding hydrogens is 238 g/mol. The minimum absolute atomic E-state index is 0.124. The Morgan fingerprint density at radius 2 is 2.11 bits per heavy atom. The zero-order valence-corrected chi connectivity index (χ0v) is 9.79. The van der Waals surface area contributed by atoms with Gasteiger partial charge in [-0.05, 0) is 12.1 Å². The minimum atomic E-state index is -1.08. The lowest BCUT2D eigenvalue weighted by Gasteiger charge is -2.19. The maximum atomic E-state index is 11.8. The summed E-state index contributed by atoms with van der Waals surface area (Å²) in [4.78, 5) is 24.6. The fraction of sp³-hybridized carbons (Fsp3) is 0.333. The summed E-state index contributed by atoms with van der Waals surface area (Å²) in [6.45, 7) is -0.599. The number of aliphatic hydroxyl groups excluding tert-OH is 2. The number of ketones is 1. The zero-order chi connectivity index (χ0) is 13.3. The number of benzene rings is 1. The van der Waals surface area contributed by atoms with Crippen LogP contribution in [0.4, 0.5) is 5.69 Å². The first-order chi connectivity index (χ1) is 8.58. The number of ether oxygens (including phenoxy) is 1. The number of fused-ring (bicyclic) bond motifs is 1. The van der Waals surface area contributed by atoms with Crippen LogP contribution in [-0.2, 0) is 4.79 Å². The van der Waals surface area contributed by atoms with Crippen LogP contribution in [-0.4, -0.2) is 48.3 Å². The summed E-state index contributed by atoms with van der Waals surface area (Å²) in [5.74, 6) is -0.803. The second-order valence-corrected chi connectivity index (χ2v) is 3.96. The van der Waals surface area contributed by atoms with Gasteiger partial charge in [-0.1, -0.05) is 0 Å². The van der Waals surface area contributed by atoms with Crippen LogP contribution >= 0.6 is 0 Å². The number of amides is 1. The summed E-state index contributed by atoms with van der Waals surface area (Å²) in [6, 6.07) is 4.66. The normalized spacial score (nSPS) is 15.8. The molecule has 2 N–H and O–H groups in total. The average Bonchev–Trinajstić information content (AvgIpc) is 2.63. The molecule has 0 saturated heterocycles. The van der Waals surface area contributed by atoms with Gasteiger partial charge in [0.1, 0.15) is 5.75 Å². The van der Waals surface area contributed by atoms with Crippen LogP contribution in [0.5, 0.6) is 5.75 Å². The Kier molecular flexibility index (Phi) is 3.31. The molecule has 96 valence electrons. The molecule has 0 saturated carbocycles. The van der Waals surface area contributed by atoms with Gasteiger partial charge in [0.2, 0.25) is 0 Å². The monoisotopic (exact) mass is 251 g/mol. The maximum absolute atomic E-state index is 11.8. The van der Waals surface area contributed by atoms with Gasteiger partial charge in [-0.25, -0.2) is 0 Å². The van der Waals surface area contributed by atoms with E-state index in [2.05, 4.69) is 0 Å². The third-order valence-electron chi connectivity index (χ3n) is 2.78. The van der Waals surface area contributed by atoms with Crippen LogP contribution in [0.1, 0.15) is 10.4 Å². The van der Waals surface area contributed by atoms with Gasteiger partial charge in [-0.15, -0.1) is 0 Å². The van der Waals surface area contributed by atoms with Crippen molar-refractivity contribution in [1.82, 2.24) is 0 Å². The topological polar surface area (TPSA) is 87.1 Å². The van der Waals surface area contributed by atoms with E-state index in [-0.39, 0.29) is 12.1 Å². The zero-order valence-electron chi connectivity index (χ0n) is 9.79. The average molecular weight is 251 g/mol. The predicted molar refractivity (Wildman–Crippen MR) is 62.8 cm³/mol. The summed E-state index contributed by atoms with van der Waals surface area (Å²) in [5.41, 5.74) is 0.683. The Balaban J connectivity index is 2.39. The van der Waals surface area contributed by atoms with E-state index in [1.165, 1.54) is 13.2 Å². The Morgan fingerprint density at radius 1 is 1.39 bits per heavy atom. The van der Waals surface area contributed by atoms with Crippen molar-refractivity contribution < 1.29 is 24.5 Å². The van der Waals surface area contributed by atoms with Gasteiger partial charge in [0, 0.05) is 6.07 Å². The van der Waals surface area contributed by atoms with Crippen molar-refractivity contribution in [2.45, 2.75) is 6.10 Å². The van der Waals surface area contributed by atoms with Crippen LogP contribution < -0.4 is 9.64 Å². The highest BCUT2D eigenvalue weighted by Gasteiger charge is 2.36. The van der Waals surface area contributed by atoms with E-state index in [1.54, 1.807) is 12.1 Å². The van der Waals surface area contributed by atoms with Gasteiger partial charge in [0.15, 0.2) is 0 Å². The number of carbonyl (C=O) groups excluding carboxylic acids is 2. The molecule has 0 spiro atoms. The second kappa shape index (κ2) is 4.75. The van der Waals surface area contributed by atoms with Crippen molar-refractivity contribution in [2.75, 3.05) is 25.2 Å². The fourth-order valence-electron chi connectivity index (χ4n) is 1.85.